The van der Waals surface area contributed by atoms with Gasteiger partial charge in [-0.25, -0.2) is 0 Å². The fourth-order valence-corrected chi connectivity index (χ4v) is 3.05. The van der Waals surface area contributed by atoms with Crippen molar-refractivity contribution >= 4 is 0 Å². The number of hydrogen-bond donors (Lipinski definition) is 2. The lowest BCUT2D eigenvalue weighted by molar-refractivity contribution is -0.217. The van der Waals surface area contributed by atoms with Crippen molar-refractivity contribution in [2.45, 2.75) is 46.0 Å². The number of benzene rings is 1. The molecule has 0 spiro atoms. The second kappa shape index (κ2) is 9.00. The van der Waals surface area contributed by atoms with Gasteiger partial charge in [-0.05, 0) is 43.0 Å². The van der Waals surface area contributed by atoms with Gasteiger partial charge in [0.05, 0.1) is 25.5 Å². The molecular weight excluding hydrogens is 352 g/mol. The third kappa shape index (κ3) is 5.75. The Morgan fingerprint density at radius 2 is 2.07 bits per heavy atom. The van der Waals surface area contributed by atoms with Crippen molar-refractivity contribution in [2.24, 2.45) is 17.1 Å². The highest BCUT2D eigenvalue weighted by Crippen LogP contribution is 2.29. The first-order valence-electron chi connectivity index (χ1n) is 9.95. The summed E-state index contributed by atoms with van der Waals surface area (Å²) in [6, 6.07) is 6.21. The molecule has 1 aromatic carbocycles. The van der Waals surface area contributed by atoms with Gasteiger partial charge in [-0.2, -0.15) is 0 Å². The Labute approximate surface area is 168 Å². The van der Waals surface area contributed by atoms with Crippen LogP contribution < -0.4 is 11.1 Å². The minimum Gasteiger partial charge on any atom is -0.398 e. The molecule has 1 aliphatic carbocycles. The molecule has 5 heteroatoms. The second-order valence-electron chi connectivity index (χ2n) is 8.50. The average Bonchev–Trinajstić information content (AvgIpc) is 3.48. The maximum atomic E-state index is 6.33. The summed E-state index contributed by atoms with van der Waals surface area (Å²) >= 11 is 0. The molecule has 1 atom stereocenters. The molecule has 152 valence electrons. The van der Waals surface area contributed by atoms with E-state index < -0.39 is 0 Å². The van der Waals surface area contributed by atoms with Crippen LogP contribution in [0.5, 0.6) is 0 Å². The molecule has 0 aromatic heterocycles. The molecule has 2 aliphatic rings. The van der Waals surface area contributed by atoms with E-state index in [9.17, 15) is 0 Å². The molecule has 3 rings (SSSR count). The molecule has 28 heavy (non-hydrogen) atoms. The number of ether oxygens (including phenoxy) is 3. The Balaban J connectivity index is 1.62. The Morgan fingerprint density at radius 1 is 1.36 bits per heavy atom. The van der Waals surface area contributed by atoms with Crippen LogP contribution in [0.4, 0.5) is 0 Å². The Hall–Kier alpha value is -2.00. The van der Waals surface area contributed by atoms with Crippen molar-refractivity contribution in [1.29, 1.82) is 0 Å². The molecule has 0 bridgehead atoms. The van der Waals surface area contributed by atoms with Crippen LogP contribution >= 0.6 is 0 Å². The Bertz CT molecular complexity index is 762. The van der Waals surface area contributed by atoms with Gasteiger partial charge in [0.15, 0.2) is 6.29 Å². The molecule has 1 unspecified atom stereocenters. The first-order chi connectivity index (χ1) is 13.4. The molecule has 5 nitrogen and oxygen atoms in total. The van der Waals surface area contributed by atoms with Crippen LogP contribution in [0.15, 0.2) is 30.1 Å². The molecular formula is C23H32N2O3. The molecule has 1 saturated carbocycles. The SMILES string of the molecule is COC(/C(N)=C/NCC1OCC(C)(C)CO1)c1cc(C#CC2CC2)ccc1C. The van der Waals surface area contributed by atoms with Crippen LogP contribution in [0.25, 0.3) is 0 Å². The maximum Gasteiger partial charge on any atom is 0.174 e. The van der Waals surface area contributed by atoms with E-state index in [0.717, 1.165) is 16.7 Å². The third-order valence-electron chi connectivity index (χ3n) is 4.97. The van der Waals surface area contributed by atoms with Crippen molar-refractivity contribution in [2.75, 3.05) is 26.9 Å². The van der Waals surface area contributed by atoms with Crippen molar-refractivity contribution in [3.8, 4) is 11.8 Å². The number of nitrogens with one attached hydrogen (secondary N) is 1. The largest absolute Gasteiger partial charge is 0.398 e. The van der Waals surface area contributed by atoms with Crippen LogP contribution in [0.2, 0.25) is 0 Å². The number of rotatable bonds is 6. The van der Waals surface area contributed by atoms with Gasteiger partial charge in [0.2, 0.25) is 0 Å². The van der Waals surface area contributed by atoms with Crippen LogP contribution in [0.1, 0.15) is 49.5 Å². The fourth-order valence-electron chi connectivity index (χ4n) is 3.05. The maximum absolute atomic E-state index is 6.33. The van der Waals surface area contributed by atoms with E-state index in [2.05, 4.69) is 56.1 Å². The lowest BCUT2D eigenvalue weighted by atomic mass is 9.96. The van der Waals surface area contributed by atoms with E-state index in [4.69, 9.17) is 19.9 Å². The summed E-state index contributed by atoms with van der Waals surface area (Å²) in [5.74, 6) is 7.15. The highest BCUT2D eigenvalue weighted by atomic mass is 16.7. The van der Waals surface area contributed by atoms with Crippen LogP contribution in [-0.4, -0.2) is 33.2 Å². The molecule has 1 aromatic rings. The lowest BCUT2D eigenvalue weighted by Gasteiger charge is -2.34. The molecule has 1 saturated heterocycles. The van der Waals surface area contributed by atoms with Gasteiger partial charge >= 0.3 is 0 Å². The smallest absolute Gasteiger partial charge is 0.174 e. The summed E-state index contributed by atoms with van der Waals surface area (Å²) in [5, 5.41) is 3.20. The number of methoxy groups -OCH3 is 1. The quantitative estimate of drug-likeness (QED) is 0.737. The van der Waals surface area contributed by atoms with Gasteiger partial charge < -0.3 is 25.3 Å². The number of aryl methyl sites for hydroxylation is 1. The van der Waals surface area contributed by atoms with E-state index in [1.807, 2.05) is 0 Å². The van der Waals surface area contributed by atoms with Gasteiger partial charge in [-0.15, -0.1) is 0 Å². The zero-order valence-electron chi connectivity index (χ0n) is 17.4. The molecule has 0 amide bonds. The van der Waals surface area contributed by atoms with E-state index in [1.165, 1.54) is 12.8 Å². The Morgan fingerprint density at radius 3 is 2.71 bits per heavy atom. The average molecular weight is 385 g/mol. The monoisotopic (exact) mass is 384 g/mol. The van der Waals surface area contributed by atoms with Crippen molar-refractivity contribution < 1.29 is 14.2 Å². The minimum atomic E-state index is -0.331. The van der Waals surface area contributed by atoms with Crippen LogP contribution in [-0.2, 0) is 14.2 Å². The minimum absolute atomic E-state index is 0.0669. The zero-order valence-corrected chi connectivity index (χ0v) is 17.4. The first-order valence-corrected chi connectivity index (χ1v) is 9.95. The lowest BCUT2D eigenvalue weighted by Crippen LogP contribution is -2.41. The van der Waals surface area contributed by atoms with Crippen LogP contribution in [0, 0.1) is 30.1 Å². The predicted octanol–water partition coefficient (Wildman–Crippen LogP) is 3.23. The second-order valence-corrected chi connectivity index (χ2v) is 8.50. The van der Waals surface area contributed by atoms with Crippen LogP contribution in [0.3, 0.4) is 0 Å². The van der Waals surface area contributed by atoms with E-state index in [0.29, 0.717) is 31.4 Å². The number of nitrogens with two attached hydrogens (primary N) is 1. The van der Waals surface area contributed by atoms with E-state index in [1.54, 1.807) is 13.3 Å². The third-order valence-corrected chi connectivity index (χ3v) is 4.97. The van der Waals surface area contributed by atoms with Gasteiger partial charge in [-0.1, -0.05) is 31.8 Å². The highest BCUT2D eigenvalue weighted by Gasteiger charge is 2.28. The van der Waals surface area contributed by atoms with E-state index in [-0.39, 0.29) is 17.8 Å². The highest BCUT2D eigenvalue weighted by molar-refractivity contribution is 5.43. The molecule has 1 aliphatic heterocycles. The Kier molecular flexibility index (Phi) is 6.66. The molecule has 2 fully saturated rings. The molecule has 3 N–H and O–H groups in total. The topological polar surface area (TPSA) is 65.7 Å². The molecule has 0 radical (unpaired) electrons. The summed E-state index contributed by atoms with van der Waals surface area (Å²) in [6.45, 7) is 8.23. The number of hydrogen-bond acceptors (Lipinski definition) is 5. The fraction of sp³-hybridized carbons (Fsp3) is 0.565. The summed E-state index contributed by atoms with van der Waals surface area (Å²) in [6.07, 6.45) is 3.63. The summed E-state index contributed by atoms with van der Waals surface area (Å²) < 4.78 is 17.2. The standard InChI is InChI=1S/C23H32N2O3/c1-16-5-6-18(10-9-17-7-8-17)11-19(16)22(26-4)20(24)12-25-13-21-27-14-23(2,3)15-28-21/h5-6,11-12,17,21-22,25H,7-8,13-15,24H2,1-4H3/b20-12-. The van der Waals surface area contributed by atoms with Gasteiger partial charge in [-0.3, -0.25) is 0 Å². The predicted molar refractivity (Wildman–Crippen MR) is 110 cm³/mol. The first kappa shape index (κ1) is 20.7. The van der Waals surface area contributed by atoms with E-state index >= 15 is 0 Å². The van der Waals surface area contributed by atoms with Crippen molar-refractivity contribution in [3.63, 3.8) is 0 Å². The van der Waals surface area contributed by atoms with Crippen molar-refractivity contribution in [3.05, 3.63) is 46.8 Å². The zero-order chi connectivity index (χ0) is 20.1. The summed E-state index contributed by atoms with van der Waals surface area (Å²) in [4.78, 5) is 0. The van der Waals surface area contributed by atoms with Gasteiger partial charge in [0.1, 0.15) is 6.10 Å². The summed E-state index contributed by atoms with van der Waals surface area (Å²) in [5.41, 5.74) is 10.2. The summed E-state index contributed by atoms with van der Waals surface area (Å²) in [7, 11) is 1.67. The van der Waals surface area contributed by atoms with Gasteiger partial charge in [0, 0.05) is 30.2 Å². The normalized spacial score (nSPS) is 20.9. The van der Waals surface area contributed by atoms with Gasteiger partial charge in [0.25, 0.3) is 0 Å². The molecule has 1 heterocycles. The van der Waals surface area contributed by atoms with Crippen molar-refractivity contribution in [1.82, 2.24) is 5.32 Å².